The molecule has 2 heterocycles. The van der Waals surface area contributed by atoms with E-state index in [9.17, 15) is 10.2 Å². The van der Waals surface area contributed by atoms with Gasteiger partial charge in [-0.05, 0) is 5.21 Å². The second-order valence-electron chi connectivity index (χ2n) is 3.14. The summed E-state index contributed by atoms with van der Waals surface area (Å²) in [5, 5.41) is 43.1. The smallest absolute Gasteiger partial charge is 0.265 e. The van der Waals surface area contributed by atoms with Crippen LogP contribution in [0.15, 0.2) is 0 Å². The lowest BCUT2D eigenvalue weighted by molar-refractivity contribution is -0.0154. The maximum absolute atomic E-state index is 9.52. The van der Waals surface area contributed by atoms with Crippen LogP contribution in [0.4, 0.5) is 5.95 Å². The van der Waals surface area contributed by atoms with Gasteiger partial charge < -0.3 is 25.4 Å². The molecule has 9 nitrogen and oxygen atoms in total. The quantitative estimate of drug-likeness (QED) is 0.362. The van der Waals surface area contributed by atoms with Crippen LogP contribution in [0.2, 0.25) is 0 Å². The van der Waals surface area contributed by atoms with E-state index in [-0.39, 0.29) is 12.6 Å². The number of hydrogen-bond acceptors (Lipinski definition) is 8. The lowest BCUT2D eigenvalue weighted by Gasteiger charge is -2.14. The lowest BCUT2D eigenvalue weighted by Crippen LogP contribution is -2.36. The van der Waals surface area contributed by atoms with Gasteiger partial charge in [-0.15, -0.1) is 5.10 Å². The molecule has 0 aliphatic carbocycles. The van der Waals surface area contributed by atoms with Crippen molar-refractivity contribution in [1.29, 1.82) is 0 Å². The van der Waals surface area contributed by atoms with E-state index in [1.54, 1.807) is 0 Å². The molecule has 1 saturated heterocycles. The van der Waals surface area contributed by atoms with Crippen LogP contribution < -0.4 is 5.32 Å². The monoisotopic (exact) mass is 217 g/mol. The van der Waals surface area contributed by atoms with Gasteiger partial charge in [-0.1, -0.05) is 5.10 Å². The first-order chi connectivity index (χ1) is 7.22. The summed E-state index contributed by atoms with van der Waals surface area (Å²) in [4.78, 5) is 0. The molecule has 2 rings (SSSR count). The first-order valence-electron chi connectivity index (χ1n) is 4.35. The molecule has 0 radical (unpaired) electrons. The third-order valence-electron chi connectivity index (χ3n) is 2.16. The molecular formula is C6H11N5O4. The van der Waals surface area contributed by atoms with E-state index < -0.39 is 24.5 Å². The Bertz CT molecular complexity index is 306. The number of aromatic amines is 1. The molecule has 0 spiro atoms. The Kier molecular flexibility index (Phi) is 2.77. The summed E-state index contributed by atoms with van der Waals surface area (Å²) in [6.45, 7) is -0.372. The molecular weight excluding hydrogens is 206 g/mol. The van der Waals surface area contributed by atoms with E-state index in [0.717, 1.165) is 0 Å². The van der Waals surface area contributed by atoms with Crippen LogP contribution in [-0.2, 0) is 4.74 Å². The Morgan fingerprint density at radius 2 is 2.20 bits per heavy atom. The highest BCUT2D eigenvalue weighted by Gasteiger charge is 2.42. The number of tetrazole rings is 1. The molecule has 1 aliphatic rings. The number of aliphatic hydroxyl groups excluding tert-OH is 3. The predicted octanol–water partition coefficient (Wildman–Crippen LogP) is -2.95. The van der Waals surface area contributed by atoms with E-state index in [2.05, 4.69) is 25.9 Å². The minimum atomic E-state index is -1.15. The van der Waals surface area contributed by atoms with Crippen molar-refractivity contribution in [2.45, 2.75) is 24.5 Å². The van der Waals surface area contributed by atoms with Crippen LogP contribution in [0, 0.1) is 0 Å². The molecule has 9 heteroatoms. The van der Waals surface area contributed by atoms with E-state index in [0.29, 0.717) is 0 Å². The molecule has 1 unspecified atom stereocenters. The first-order valence-corrected chi connectivity index (χ1v) is 4.35. The second-order valence-corrected chi connectivity index (χ2v) is 3.14. The molecule has 0 aromatic carbocycles. The van der Waals surface area contributed by atoms with Gasteiger partial charge in [0, 0.05) is 0 Å². The summed E-state index contributed by atoms with van der Waals surface area (Å²) in [5.41, 5.74) is 0. The number of nitrogens with zero attached hydrogens (tertiary/aromatic N) is 3. The zero-order chi connectivity index (χ0) is 10.8. The topological polar surface area (TPSA) is 136 Å². The minimum absolute atomic E-state index is 0.143. The van der Waals surface area contributed by atoms with Crippen LogP contribution in [0.1, 0.15) is 0 Å². The van der Waals surface area contributed by atoms with Gasteiger partial charge in [0.15, 0.2) is 6.23 Å². The molecule has 1 aromatic heterocycles. The SMILES string of the molecule is OC[C@H]1OC(Nc2nn[nH]n2)[C@H](O)[C@@H]1O. The van der Waals surface area contributed by atoms with Gasteiger partial charge in [-0.25, -0.2) is 0 Å². The highest BCUT2D eigenvalue weighted by atomic mass is 16.6. The van der Waals surface area contributed by atoms with E-state index in [1.807, 2.05) is 0 Å². The standard InChI is InChI=1S/C6H11N5O4/c12-1-2-3(13)4(14)5(15-2)7-6-8-10-11-9-6/h2-5,12-14H,1H2,(H2,7,8,9,10,11)/t2-,3-,4-,5?/m1/s1. The van der Waals surface area contributed by atoms with Crippen LogP contribution in [0.3, 0.4) is 0 Å². The number of rotatable bonds is 3. The Balaban J connectivity index is 1.99. The number of hydrogen-bond donors (Lipinski definition) is 5. The number of ether oxygens (including phenoxy) is 1. The van der Waals surface area contributed by atoms with Gasteiger partial charge in [0.1, 0.15) is 18.3 Å². The van der Waals surface area contributed by atoms with Gasteiger partial charge in [0.05, 0.1) is 6.61 Å². The molecule has 1 fully saturated rings. The maximum Gasteiger partial charge on any atom is 0.265 e. The third-order valence-corrected chi connectivity index (χ3v) is 2.16. The molecule has 1 aromatic rings. The average molecular weight is 217 g/mol. The Morgan fingerprint density at radius 1 is 1.40 bits per heavy atom. The fourth-order valence-electron chi connectivity index (χ4n) is 1.37. The van der Waals surface area contributed by atoms with Gasteiger partial charge in [-0.2, -0.15) is 5.21 Å². The van der Waals surface area contributed by atoms with E-state index in [1.165, 1.54) is 0 Å². The molecule has 0 saturated carbocycles. The normalized spacial score (nSPS) is 35.7. The van der Waals surface area contributed by atoms with E-state index >= 15 is 0 Å². The van der Waals surface area contributed by atoms with Crippen molar-refractivity contribution in [2.75, 3.05) is 11.9 Å². The first kappa shape index (κ1) is 10.2. The zero-order valence-corrected chi connectivity index (χ0v) is 7.61. The van der Waals surface area contributed by atoms with Gasteiger partial charge >= 0.3 is 0 Å². The zero-order valence-electron chi connectivity index (χ0n) is 7.61. The van der Waals surface area contributed by atoms with Crippen LogP contribution in [0.5, 0.6) is 0 Å². The molecule has 0 amide bonds. The summed E-state index contributed by atoms with van der Waals surface area (Å²) in [7, 11) is 0. The lowest BCUT2D eigenvalue weighted by atomic mass is 10.1. The summed E-state index contributed by atoms with van der Waals surface area (Å²) in [5.74, 6) is 0.143. The van der Waals surface area contributed by atoms with E-state index in [4.69, 9.17) is 9.84 Å². The van der Waals surface area contributed by atoms with Crippen molar-refractivity contribution < 1.29 is 20.1 Å². The van der Waals surface area contributed by atoms with Crippen molar-refractivity contribution in [3.8, 4) is 0 Å². The molecule has 4 atom stereocenters. The Labute approximate surface area is 84.1 Å². The predicted molar refractivity (Wildman–Crippen MR) is 45.6 cm³/mol. The van der Waals surface area contributed by atoms with Gasteiger partial charge in [0.2, 0.25) is 0 Å². The van der Waals surface area contributed by atoms with Crippen molar-refractivity contribution in [1.82, 2.24) is 20.6 Å². The average Bonchev–Trinajstić information content (AvgIpc) is 2.82. The fourth-order valence-corrected chi connectivity index (χ4v) is 1.37. The van der Waals surface area contributed by atoms with Crippen LogP contribution in [-0.4, -0.2) is 67.1 Å². The highest BCUT2D eigenvalue weighted by molar-refractivity contribution is 5.21. The van der Waals surface area contributed by atoms with Gasteiger partial charge in [-0.3, -0.25) is 0 Å². The summed E-state index contributed by atoms with van der Waals surface area (Å²) >= 11 is 0. The molecule has 5 N–H and O–H groups in total. The largest absolute Gasteiger partial charge is 0.394 e. The molecule has 0 bridgehead atoms. The molecule has 15 heavy (non-hydrogen) atoms. The third kappa shape index (κ3) is 1.90. The van der Waals surface area contributed by atoms with Crippen molar-refractivity contribution in [3.63, 3.8) is 0 Å². The summed E-state index contributed by atoms with van der Waals surface area (Å²) in [6.07, 6.45) is -3.97. The Hall–Kier alpha value is -1.29. The number of aromatic nitrogens is 4. The minimum Gasteiger partial charge on any atom is -0.394 e. The van der Waals surface area contributed by atoms with Crippen LogP contribution >= 0.6 is 0 Å². The number of aliphatic hydroxyl groups is 3. The fraction of sp³-hybridized carbons (Fsp3) is 0.833. The van der Waals surface area contributed by atoms with Crippen molar-refractivity contribution in [3.05, 3.63) is 0 Å². The number of nitrogens with one attached hydrogen (secondary N) is 2. The molecule has 1 aliphatic heterocycles. The van der Waals surface area contributed by atoms with Crippen molar-refractivity contribution >= 4 is 5.95 Å². The summed E-state index contributed by atoms with van der Waals surface area (Å²) < 4.78 is 5.13. The second kappa shape index (κ2) is 4.06. The Morgan fingerprint density at radius 3 is 2.73 bits per heavy atom. The maximum atomic E-state index is 9.52. The summed E-state index contributed by atoms with van der Waals surface area (Å²) in [6, 6.07) is 0. The van der Waals surface area contributed by atoms with Gasteiger partial charge in [0.25, 0.3) is 5.95 Å². The molecule has 84 valence electrons. The van der Waals surface area contributed by atoms with Crippen molar-refractivity contribution in [2.24, 2.45) is 0 Å². The number of H-pyrrole nitrogens is 1. The number of anilines is 1. The van der Waals surface area contributed by atoms with Crippen LogP contribution in [0.25, 0.3) is 0 Å². The highest BCUT2D eigenvalue weighted by Crippen LogP contribution is 2.21.